The fourth-order valence-corrected chi connectivity index (χ4v) is 1.99. The maximum Gasteiger partial charge on any atom is 0.112 e. The van der Waals surface area contributed by atoms with E-state index in [1.54, 1.807) is 0 Å². The first-order valence-corrected chi connectivity index (χ1v) is 6.02. The molecule has 2 rings (SSSR count). The van der Waals surface area contributed by atoms with Gasteiger partial charge in [-0.25, -0.2) is 0 Å². The Labute approximate surface area is 103 Å². The Hall–Kier alpha value is -1.60. The lowest BCUT2D eigenvalue weighted by molar-refractivity contribution is 0.102. The fraction of sp³-hybridized carbons (Fsp3) is 0.250. The predicted molar refractivity (Wildman–Crippen MR) is 70.9 cm³/mol. The summed E-state index contributed by atoms with van der Waals surface area (Å²) in [6.07, 6.45) is 1.02. The second-order valence-corrected chi connectivity index (χ2v) is 4.49. The summed E-state index contributed by atoms with van der Waals surface area (Å²) in [4.78, 5) is 0. The maximum atomic E-state index is 10.6. The van der Waals surface area contributed by atoms with Crippen LogP contribution < -0.4 is 0 Å². The van der Waals surface area contributed by atoms with Crippen LogP contribution in [-0.4, -0.2) is 5.11 Å². The van der Waals surface area contributed by atoms with E-state index >= 15 is 0 Å². The predicted octanol–water partition coefficient (Wildman–Crippen LogP) is 3.50. The molecule has 0 amide bonds. The quantitative estimate of drug-likeness (QED) is 0.849. The van der Waals surface area contributed by atoms with Gasteiger partial charge in [-0.15, -0.1) is 0 Å². The molecule has 0 bridgehead atoms. The minimum absolute atomic E-state index is 0.921. The van der Waals surface area contributed by atoms with E-state index in [2.05, 4.69) is 19.1 Å². The monoisotopic (exact) mass is 226 g/mol. The van der Waals surface area contributed by atoms with Gasteiger partial charge < -0.3 is 5.11 Å². The van der Waals surface area contributed by atoms with E-state index in [9.17, 15) is 5.11 Å². The van der Waals surface area contributed by atoms with Crippen LogP contribution in [0.25, 0.3) is 0 Å². The summed E-state index contributed by atoms with van der Waals surface area (Å²) in [5, 5.41) is 10.6. The molecule has 1 N–H and O–H groups in total. The number of hydrogen-bond donors (Lipinski definition) is 1. The van der Waals surface area contributed by atoms with Gasteiger partial charge in [0, 0.05) is 0 Å². The molecule has 2 aromatic carbocycles. The second kappa shape index (κ2) is 4.72. The molecule has 0 fully saturated rings. The Morgan fingerprint density at radius 3 is 1.94 bits per heavy atom. The Balaban J connectivity index is 2.37. The van der Waals surface area contributed by atoms with Crippen LogP contribution in [0.5, 0.6) is 0 Å². The van der Waals surface area contributed by atoms with Gasteiger partial charge in [0.1, 0.15) is 5.60 Å². The van der Waals surface area contributed by atoms with Gasteiger partial charge in [-0.1, -0.05) is 61.5 Å². The minimum atomic E-state index is -0.923. The molecular weight excluding hydrogens is 208 g/mol. The van der Waals surface area contributed by atoms with Crippen LogP contribution in [-0.2, 0) is 12.0 Å². The molecular formula is C16H18O. The summed E-state index contributed by atoms with van der Waals surface area (Å²) in [6.45, 7) is 3.97. The van der Waals surface area contributed by atoms with E-state index in [0.717, 1.165) is 17.5 Å². The van der Waals surface area contributed by atoms with Crippen molar-refractivity contribution in [3.05, 3.63) is 71.3 Å². The smallest absolute Gasteiger partial charge is 0.112 e. The van der Waals surface area contributed by atoms with Crippen LogP contribution in [0, 0.1) is 0 Å². The van der Waals surface area contributed by atoms with Crippen molar-refractivity contribution >= 4 is 0 Å². The molecule has 88 valence electrons. The molecule has 0 aliphatic heterocycles. The molecule has 0 aromatic heterocycles. The van der Waals surface area contributed by atoms with Crippen molar-refractivity contribution in [2.24, 2.45) is 0 Å². The highest BCUT2D eigenvalue weighted by atomic mass is 16.3. The van der Waals surface area contributed by atoms with Crippen molar-refractivity contribution < 1.29 is 5.11 Å². The lowest BCUT2D eigenvalue weighted by Gasteiger charge is -2.24. The van der Waals surface area contributed by atoms with Gasteiger partial charge in [0.15, 0.2) is 0 Å². The summed E-state index contributed by atoms with van der Waals surface area (Å²) in [6, 6.07) is 17.9. The number of rotatable bonds is 3. The normalized spacial score (nSPS) is 14.3. The topological polar surface area (TPSA) is 20.2 Å². The zero-order valence-corrected chi connectivity index (χ0v) is 10.4. The minimum Gasteiger partial charge on any atom is -0.381 e. The first kappa shape index (κ1) is 11.9. The molecule has 1 nitrogen and oxygen atoms in total. The molecule has 0 spiro atoms. The van der Waals surface area contributed by atoms with Gasteiger partial charge in [0.05, 0.1) is 0 Å². The van der Waals surface area contributed by atoms with Gasteiger partial charge in [-0.2, -0.15) is 0 Å². The van der Waals surface area contributed by atoms with Crippen molar-refractivity contribution in [3.63, 3.8) is 0 Å². The highest BCUT2D eigenvalue weighted by molar-refractivity contribution is 5.36. The zero-order chi connectivity index (χ0) is 12.3. The van der Waals surface area contributed by atoms with Gasteiger partial charge in [-0.05, 0) is 30.0 Å². The molecule has 0 heterocycles. The number of aliphatic hydroxyl groups is 1. The fourth-order valence-electron chi connectivity index (χ4n) is 1.99. The number of aryl methyl sites for hydroxylation is 1. The first-order valence-electron chi connectivity index (χ1n) is 6.02. The summed E-state index contributed by atoms with van der Waals surface area (Å²) in [5.41, 5.74) is 2.22. The Morgan fingerprint density at radius 1 is 0.882 bits per heavy atom. The zero-order valence-electron chi connectivity index (χ0n) is 10.4. The molecule has 1 heteroatoms. The highest BCUT2D eigenvalue weighted by Crippen LogP contribution is 2.28. The van der Waals surface area contributed by atoms with E-state index in [4.69, 9.17) is 0 Å². The average molecular weight is 226 g/mol. The molecule has 1 atom stereocenters. The van der Waals surface area contributed by atoms with Crippen LogP contribution in [0.4, 0.5) is 0 Å². The van der Waals surface area contributed by atoms with Crippen molar-refractivity contribution in [1.29, 1.82) is 0 Å². The SMILES string of the molecule is CCc1ccc([C@@](C)(O)c2ccccc2)cc1. The number of benzene rings is 2. The molecule has 0 saturated heterocycles. The van der Waals surface area contributed by atoms with Crippen molar-refractivity contribution in [3.8, 4) is 0 Å². The van der Waals surface area contributed by atoms with Gasteiger partial charge in [0.25, 0.3) is 0 Å². The van der Waals surface area contributed by atoms with E-state index in [-0.39, 0.29) is 0 Å². The van der Waals surface area contributed by atoms with Crippen LogP contribution in [0.15, 0.2) is 54.6 Å². The second-order valence-electron chi connectivity index (χ2n) is 4.49. The summed E-state index contributed by atoms with van der Waals surface area (Å²) >= 11 is 0. The summed E-state index contributed by atoms with van der Waals surface area (Å²) in [7, 11) is 0. The van der Waals surface area contributed by atoms with E-state index in [1.165, 1.54) is 5.56 Å². The maximum absolute atomic E-state index is 10.6. The Kier molecular flexibility index (Phi) is 3.30. The third kappa shape index (κ3) is 2.40. The average Bonchev–Trinajstić information content (AvgIpc) is 2.40. The largest absolute Gasteiger partial charge is 0.381 e. The summed E-state index contributed by atoms with van der Waals surface area (Å²) in [5.74, 6) is 0. The molecule has 2 aromatic rings. The van der Waals surface area contributed by atoms with Crippen LogP contribution >= 0.6 is 0 Å². The van der Waals surface area contributed by atoms with Gasteiger partial charge in [0.2, 0.25) is 0 Å². The first-order chi connectivity index (χ1) is 8.14. The highest BCUT2D eigenvalue weighted by Gasteiger charge is 2.24. The van der Waals surface area contributed by atoms with Gasteiger partial charge >= 0.3 is 0 Å². The van der Waals surface area contributed by atoms with Crippen molar-refractivity contribution in [1.82, 2.24) is 0 Å². The van der Waals surface area contributed by atoms with Crippen molar-refractivity contribution in [2.45, 2.75) is 25.9 Å². The third-order valence-corrected chi connectivity index (χ3v) is 3.26. The molecule has 0 radical (unpaired) electrons. The lowest BCUT2D eigenvalue weighted by Crippen LogP contribution is -2.22. The summed E-state index contributed by atoms with van der Waals surface area (Å²) < 4.78 is 0. The molecule has 0 unspecified atom stereocenters. The molecule has 17 heavy (non-hydrogen) atoms. The van der Waals surface area contributed by atoms with E-state index in [1.807, 2.05) is 49.4 Å². The van der Waals surface area contributed by atoms with E-state index < -0.39 is 5.60 Å². The third-order valence-electron chi connectivity index (χ3n) is 3.26. The van der Waals surface area contributed by atoms with E-state index in [0.29, 0.717) is 0 Å². The number of hydrogen-bond acceptors (Lipinski definition) is 1. The lowest BCUT2D eigenvalue weighted by atomic mass is 9.88. The van der Waals surface area contributed by atoms with Crippen LogP contribution in [0.3, 0.4) is 0 Å². The Morgan fingerprint density at radius 2 is 1.41 bits per heavy atom. The standard InChI is InChI=1S/C16H18O/c1-3-13-9-11-15(12-10-13)16(2,17)14-7-5-4-6-8-14/h4-12,17H,3H2,1-2H3/t16-/m0/s1. The van der Waals surface area contributed by atoms with Crippen LogP contribution in [0.2, 0.25) is 0 Å². The molecule has 0 saturated carbocycles. The van der Waals surface area contributed by atoms with Gasteiger partial charge in [-0.3, -0.25) is 0 Å². The Bertz CT molecular complexity index is 469. The molecule has 0 aliphatic rings. The van der Waals surface area contributed by atoms with Crippen LogP contribution in [0.1, 0.15) is 30.5 Å². The molecule has 0 aliphatic carbocycles. The van der Waals surface area contributed by atoms with Crippen molar-refractivity contribution in [2.75, 3.05) is 0 Å².